The van der Waals surface area contributed by atoms with Gasteiger partial charge < -0.3 is 5.73 Å². The van der Waals surface area contributed by atoms with Gasteiger partial charge in [0.2, 0.25) is 0 Å². The van der Waals surface area contributed by atoms with Crippen molar-refractivity contribution in [1.29, 1.82) is 0 Å². The summed E-state index contributed by atoms with van der Waals surface area (Å²) in [5, 5.41) is 0.620. The molecule has 2 N–H and O–H groups in total. The minimum Gasteiger partial charge on any atom is -0.390 e. The Morgan fingerprint density at radius 2 is 1.89 bits per heavy atom. The zero-order valence-electron chi connectivity index (χ0n) is 11.6. The van der Waals surface area contributed by atoms with Gasteiger partial charge in [-0.15, -0.1) is 11.3 Å². The Bertz CT molecular complexity index is 581. The molecule has 0 aliphatic carbocycles. The van der Waals surface area contributed by atoms with Crippen LogP contribution in [-0.2, 0) is 6.42 Å². The van der Waals surface area contributed by atoms with E-state index in [0.29, 0.717) is 22.0 Å². The zero-order valence-corrected chi connectivity index (χ0v) is 12.4. The number of nitrogen functional groups attached to an aromatic ring is 1. The van der Waals surface area contributed by atoms with Gasteiger partial charge in [0, 0.05) is 10.4 Å². The van der Waals surface area contributed by atoms with Crippen molar-refractivity contribution in [3.05, 3.63) is 51.9 Å². The van der Waals surface area contributed by atoms with Crippen LogP contribution in [0.2, 0.25) is 0 Å². The number of carbonyl (C=O) groups is 1. The van der Waals surface area contributed by atoms with Crippen LogP contribution < -0.4 is 5.73 Å². The number of aryl methyl sites for hydroxylation is 1. The van der Waals surface area contributed by atoms with Gasteiger partial charge >= 0.3 is 0 Å². The van der Waals surface area contributed by atoms with Gasteiger partial charge in [0.15, 0.2) is 5.78 Å². The molecule has 2 rings (SSSR count). The highest BCUT2D eigenvalue weighted by atomic mass is 32.1. The summed E-state index contributed by atoms with van der Waals surface area (Å²) in [7, 11) is 0. The summed E-state index contributed by atoms with van der Waals surface area (Å²) in [5.41, 5.74) is 8.51. The molecule has 0 saturated carbocycles. The Morgan fingerprint density at radius 1 is 1.26 bits per heavy atom. The lowest BCUT2D eigenvalue weighted by atomic mass is 9.98. The second-order valence-electron chi connectivity index (χ2n) is 4.95. The van der Waals surface area contributed by atoms with Crippen molar-refractivity contribution in [3.63, 3.8) is 0 Å². The quantitative estimate of drug-likeness (QED) is 0.846. The van der Waals surface area contributed by atoms with Crippen LogP contribution in [0, 0.1) is 0 Å². The van der Waals surface area contributed by atoms with Crippen LogP contribution in [-0.4, -0.2) is 5.78 Å². The van der Waals surface area contributed by atoms with Crippen LogP contribution in [0.25, 0.3) is 0 Å². The summed E-state index contributed by atoms with van der Waals surface area (Å²) in [4.78, 5) is 13.6. The molecular weight excluding hydrogens is 254 g/mol. The van der Waals surface area contributed by atoms with Crippen molar-refractivity contribution in [3.8, 4) is 0 Å². The summed E-state index contributed by atoms with van der Waals surface area (Å²) < 4.78 is 0. The van der Waals surface area contributed by atoms with E-state index in [2.05, 4.69) is 20.8 Å². The van der Waals surface area contributed by atoms with Crippen LogP contribution in [0.1, 0.15) is 53.1 Å². The molecule has 0 radical (unpaired) electrons. The van der Waals surface area contributed by atoms with Crippen molar-refractivity contribution in [1.82, 2.24) is 0 Å². The molecule has 1 heterocycles. The number of carbonyl (C=O) groups excluding carboxylic acids is 1. The maximum atomic E-state index is 12.4. The number of anilines is 1. The number of hydrogen-bond acceptors (Lipinski definition) is 3. The van der Waals surface area contributed by atoms with Gasteiger partial charge in [0.25, 0.3) is 0 Å². The molecule has 0 saturated heterocycles. The summed E-state index contributed by atoms with van der Waals surface area (Å²) in [5.74, 6) is 0.491. The number of hydrogen-bond donors (Lipinski definition) is 1. The number of ketones is 1. The van der Waals surface area contributed by atoms with E-state index in [1.165, 1.54) is 16.9 Å². The molecule has 100 valence electrons. The fourth-order valence-electron chi connectivity index (χ4n) is 1.98. The van der Waals surface area contributed by atoms with Gasteiger partial charge in [-0.1, -0.05) is 45.0 Å². The Labute approximate surface area is 118 Å². The predicted octanol–water partition coefficient (Wildman–Crippen LogP) is 4.25. The van der Waals surface area contributed by atoms with Gasteiger partial charge in [0.05, 0.1) is 10.6 Å². The molecule has 1 aromatic carbocycles. The highest BCUT2D eigenvalue weighted by Gasteiger charge is 2.15. The zero-order chi connectivity index (χ0) is 14.0. The molecule has 19 heavy (non-hydrogen) atoms. The minimum atomic E-state index is 0.0174. The monoisotopic (exact) mass is 273 g/mol. The van der Waals surface area contributed by atoms with Gasteiger partial charge in [-0.05, 0) is 24.0 Å². The maximum absolute atomic E-state index is 12.4. The molecule has 0 spiro atoms. The van der Waals surface area contributed by atoms with E-state index in [9.17, 15) is 4.79 Å². The van der Waals surface area contributed by atoms with E-state index in [1.54, 1.807) is 0 Å². The Balaban J connectivity index is 2.30. The summed E-state index contributed by atoms with van der Waals surface area (Å²) in [6.07, 6.45) is 0.911. The molecule has 0 aliphatic rings. The average molecular weight is 273 g/mol. The van der Waals surface area contributed by atoms with E-state index < -0.39 is 0 Å². The standard InChI is InChI=1S/C16H19NOS/c1-4-13-9-14(16(17)19-13)15(18)12-7-5-11(6-8-12)10(2)3/h5-10H,4,17H2,1-3H3. The second kappa shape index (κ2) is 5.57. The summed E-state index contributed by atoms with van der Waals surface area (Å²) >= 11 is 1.50. The first-order valence-corrected chi connectivity index (χ1v) is 7.37. The summed E-state index contributed by atoms with van der Waals surface area (Å²) in [6, 6.07) is 9.72. The molecule has 0 unspecified atom stereocenters. The molecule has 0 amide bonds. The fourth-order valence-corrected chi connectivity index (χ4v) is 2.85. The summed E-state index contributed by atoms with van der Waals surface area (Å²) in [6.45, 7) is 6.35. The Morgan fingerprint density at radius 3 is 2.37 bits per heavy atom. The largest absolute Gasteiger partial charge is 0.390 e. The fraction of sp³-hybridized carbons (Fsp3) is 0.312. The highest BCUT2D eigenvalue weighted by molar-refractivity contribution is 7.16. The van der Waals surface area contributed by atoms with Crippen molar-refractivity contribution < 1.29 is 4.79 Å². The average Bonchev–Trinajstić information content (AvgIpc) is 2.79. The lowest BCUT2D eigenvalue weighted by Crippen LogP contribution is -2.03. The lowest BCUT2D eigenvalue weighted by Gasteiger charge is -2.06. The van der Waals surface area contributed by atoms with Crippen LogP contribution >= 0.6 is 11.3 Å². The van der Waals surface area contributed by atoms with Crippen LogP contribution in [0.3, 0.4) is 0 Å². The predicted molar refractivity (Wildman–Crippen MR) is 82.1 cm³/mol. The molecule has 0 atom stereocenters. The second-order valence-corrected chi connectivity index (χ2v) is 6.12. The third-order valence-corrected chi connectivity index (χ3v) is 4.35. The first-order chi connectivity index (χ1) is 9.02. The minimum absolute atomic E-state index is 0.0174. The van der Waals surface area contributed by atoms with Gasteiger partial charge in [-0.25, -0.2) is 0 Å². The maximum Gasteiger partial charge on any atom is 0.195 e. The van der Waals surface area contributed by atoms with E-state index >= 15 is 0 Å². The van der Waals surface area contributed by atoms with Crippen molar-refractivity contribution in [2.24, 2.45) is 0 Å². The molecule has 1 aromatic heterocycles. The molecule has 0 fully saturated rings. The number of nitrogens with two attached hydrogens (primary N) is 1. The third-order valence-electron chi connectivity index (χ3n) is 3.24. The van der Waals surface area contributed by atoms with Gasteiger partial charge in [-0.3, -0.25) is 4.79 Å². The molecule has 3 heteroatoms. The molecular formula is C16H19NOS. The van der Waals surface area contributed by atoms with E-state index in [0.717, 1.165) is 11.3 Å². The first-order valence-electron chi connectivity index (χ1n) is 6.55. The number of thiophene rings is 1. The van der Waals surface area contributed by atoms with Crippen molar-refractivity contribution in [2.75, 3.05) is 5.73 Å². The lowest BCUT2D eigenvalue weighted by molar-refractivity contribution is 0.104. The third kappa shape index (κ3) is 2.87. The van der Waals surface area contributed by atoms with Crippen molar-refractivity contribution in [2.45, 2.75) is 33.1 Å². The molecule has 0 bridgehead atoms. The first kappa shape index (κ1) is 13.8. The van der Waals surface area contributed by atoms with Crippen LogP contribution in [0.5, 0.6) is 0 Å². The molecule has 0 aliphatic heterocycles. The SMILES string of the molecule is CCc1cc(C(=O)c2ccc(C(C)C)cc2)c(N)s1. The van der Waals surface area contributed by atoms with Gasteiger partial charge in [0.1, 0.15) is 0 Å². The van der Waals surface area contributed by atoms with Crippen LogP contribution in [0.15, 0.2) is 30.3 Å². The van der Waals surface area contributed by atoms with Crippen LogP contribution in [0.4, 0.5) is 5.00 Å². The number of rotatable bonds is 4. The Kier molecular flexibility index (Phi) is 4.05. The Hall–Kier alpha value is -1.61. The van der Waals surface area contributed by atoms with Gasteiger partial charge in [-0.2, -0.15) is 0 Å². The number of benzene rings is 1. The smallest absolute Gasteiger partial charge is 0.195 e. The highest BCUT2D eigenvalue weighted by Crippen LogP contribution is 2.28. The molecule has 2 nitrogen and oxygen atoms in total. The van der Waals surface area contributed by atoms with E-state index in [1.807, 2.05) is 30.3 Å². The van der Waals surface area contributed by atoms with Crippen molar-refractivity contribution >= 4 is 22.1 Å². The van der Waals surface area contributed by atoms with E-state index in [4.69, 9.17) is 5.73 Å². The molecule has 2 aromatic rings. The van der Waals surface area contributed by atoms with E-state index in [-0.39, 0.29) is 5.78 Å². The topological polar surface area (TPSA) is 43.1 Å². The normalized spacial score (nSPS) is 10.9.